The van der Waals surface area contributed by atoms with E-state index >= 15 is 0 Å². The molecule has 1 aliphatic heterocycles. The third kappa shape index (κ3) is 3.18. The smallest absolute Gasteiger partial charge is 0.268 e. The maximum atomic E-state index is 12.8. The van der Waals surface area contributed by atoms with Gasteiger partial charge in [0, 0.05) is 37.9 Å². The van der Waals surface area contributed by atoms with Crippen LogP contribution >= 0.6 is 0 Å². The van der Waals surface area contributed by atoms with E-state index in [1.54, 1.807) is 40.4 Å². The summed E-state index contributed by atoms with van der Waals surface area (Å²) < 4.78 is 0. The van der Waals surface area contributed by atoms with Crippen LogP contribution in [0.4, 0.5) is 0 Å². The van der Waals surface area contributed by atoms with E-state index < -0.39 is 5.91 Å². The van der Waals surface area contributed by atoms with Gasteiger partial charge in [-0.2, -0.15) is 0 Å². The maximum absolute atomic E-state index is 12.8. The van der Waals surface area contributed by atoms with Crippen LogP contribution in [-0.4, -0.2) is 68.7 Å². The maximum Gasteiger partial charge on any atom is 0.268 e. The van der Waals surface area contributed by atoms with Gasteiger partial charge in [-0.05, 0) is 30.3 Å². The number of imidazole rings is 1. The number of nitrogens with zero attached hydrogens (tertiary/aromatic N) is 4. The minimum absolute atomic E-state index is 0.0427. The van der Waals surface area contributed by atoms with Crippen LogP contribution in [-0.2, 0) is 0 Å². The Bertz CT molecular complexity index is 1070. The summed E-state index contributed by atoms with van der Waals surface area (Å²) in [5.41, 5.74) is 7.62. The van der Waals surface area contributed by atoms with E-state index in [0.717, 1.165) is 11.0 Å². The molecule has 0 atom stereocenters. The summed E-state index contributed by atoms with van der Waals surface area (Å²) in [6, 6.07) is 8.44. The largest absolute Gasteiger partial charge is 0.364 e. The number of fused-ring (bicyclic) bond motifs is 1. The molecule has 142 valence electrons. The molecule has 9 heteroatoms. The lowest BCUT2D eigenvalue weighted by molar-refractivity contribution is 0.0534. The zero-order valence-electron chi connectivity index (χ0n) is 15.0. The zero-order chi connectivity index (χ0) is 19.7. The minimum atomic E-state index is -0.744. The van der Waals surface area contributed by atoms with Crippen LogP contribution in [0.25, 0.3) is 11.0 Å². The van der Waals surface area contributed by atoms with Crippen molar-refractivity contribution >= 4 is 28.8 Å². The Kier molecular flexibility index (Phi) is 4.48. The number of aromatic amines is 1. The van der Waals surface area contributed by atoms with Gasteiger partial charge in [0.25, 0.3) is 17.7 Å². The topological polar surface area (TPSA) is 125 Å². The van der Waals surface area contributed by atoms with Crippen LogP contribution in [0.5, 0.6) is 0 Å². The van der Waals surface area contributed by atoms with E-state index in [1.807, 2.05) is 0 Å². The highest BCUT2D eigenvalue weighted by molar-refractivity contribution is 6.05. The van der Waals surface area contributed by atoms with Crippen LogP contribution in [0.2, 0.25) is 0 Å². The van der Waals surface area contributed by atoms with E-state index in [1.165, 1.54) is 12.3 Å². The number of carbonyl (C=O) groups is 3. The van der Waals surface area contributed by atoms with Gasteiger partial charge in [-0.25, -0.2) is 4.98 Å². The zero-order valence-corrected chi connectivity index (χ0v) is 15.0. The van der Waals surface area contributed by atoms with Gasteiger partial charge in [0.05, 0.1) is 22.9 Å². The van der Waals surface area contributed by atoms with Crippen molar-refractivity contribution in [3.63, 3.8) is 0 Å². The number of nitrogens with two attached hydrogens (primary N) is 1. The number of piperazine rings is 1. The summed E-state index contributed by atoms with van der Waals surface area (Å²) in [4.78, 5) is 51.4. The molecule has 3 aromatic rings. The number of nitrogens with one attached hydrogen (secondary N) is 1. The molecule has 0 bridgehead atoms. The lowest BCUT2D eigenvalue weighted by Crippen LogP contribution is -2.50. The number of carbonyl (C=O) groups excluding carboxylic acids is 3. The third-order valence-electron chi connectivity index (χ3n) is 4.79. The fourth-order valence-corrected chi connectivity index (χ4v) is 3.31. The predicted octanol–water partition coefficient (Wildman–Crippen LogP) is 0.655. The molecule has 0 radical (unpaired) electrons. The number of pyridine rings is 1. The minimum Gasteiger partial charge on any atom is -0.364 e. The molecule has 3 N–H and O–H groups in total. The second kappa shape index (κ2) is 7.10. The first-order valence-electron chi connectivity index (χ1n) is 8.81. The number of hydrogen-bond acceptors (Lipinski definition) is 5. The third-order valence-corrected chi connectivity index (χ3v) is 4.79. The van der Waals surface area contributed by atoms with E-state index in [2.05, 4.69) is 15.0 Å². The molecule has 4 rings (SSSR count). The second-order valence-electron chi connectivity index (χ2n) is 6.48. The van der Waals surface area contributed by atoms with Crippen molar-refractivity contribution in [1.29, 1.82) is 0 Å². The fourth-order valence-electron chi connectivity index (χ4n) is 3.31. The molecule has 0 aliphatic carbocycles. The monoisotopic (exact) mass is 378 g/mol. The molecule has 1 aromatic carbocycles. The molecular weight excluding hydrogens is 360 g/mol. The summed E-state index contributed by atoms with van der Waals surface area (Å²) in [5.74, 6) is -1.15. The Morgan fingerprint density at radius 3 is 2.39 bits per heavy atom. The normalized spacial score (nSPS) is 14.3. The van der Waals surface area contributed by atoms with Gasteiger partial charge < -0.3 is 20.5 Å². The molecule has 9 nitrogen and oxygen atoms in total. The van der Waals surface area contributed by atoms with E-state index in [9.17, 15) is 14.4 Å². The van der Waals surface area contributed by atoms with E-state index in [-0.39, 0.29) is 23.1 Å². The molecule has 28 heavy (non-hydrogen) atoms. The summed E-state index contributed by atoms with van der Waals surface area (Å²) in [6.07, 6.45) is 3.01. The van der Waals surface area contributed by atoms with Gasteiger partial charge in [0.2, 0.25) is 0 Å². The summed E-state index contributed by atoms with van der Waals surface area (Å²) in [5, 5.41) is 0. The van der Waals surface area contributed by atoms with E-state index in [4.69, 9.17) is 5.73 Å². The molecule has 2 aromatic heterocycles. The average Bonchev–Trinajstić information content (AvgIpc) is 3.20. The Balaban J connectivity index is 1.45. The number of rotatable bonds is 3. The van der Waals surface area contributed by atoms with Crippen molar-refractivity contribution in [2.45, 2.75) is 0 Å². The number of H-pyrrole nitrogens is 1. The highest BCUT2D eigenvalue weighted by Crippen LogP contribution is 2.16. The second-order valence-corrected chi connectivity index (χ2v) is 6.48. The number of primary amides is 1. The van der Waals surface area contributed by atoms with Gasteiger partial charge >= 0.3 is 0 Å². The Morgan fingerprint density at radius 1 is 0.964 bits per heavy atom. The van der Waals surface area contributed by atoms with Crippen LogP contribution < -0.4 is 5.73 Å². The first kappa shape index (κ1) is 17.7. The SMILES string of the molecule is NC(=O)c1ncccc1C(=O)N1CCN(C(=O)c2ccc3nc[nH]c3c2)CC1. The lowest BCUT2D eigenvalue weighted by Gasteiger charge is -2.35. The van der Waals surface area contributed by atoms with Gasteiger partial charge in [0.15, 0.2) is 0 Å². The molecule has 0 saturated carbocycles. The first-order chi connectivity index (χ1) is 13.5. The van der Waals surface area contributed by atoms with Gasteiger partial charge in [-0.3, -0.25) is 19.4 Å². The van der Waals surface area contributed by atoms with Crippen molar-refractivity contribution in [3.05, 3.63) is 59.7 Å². The molecule has 1 saturated heterocycles. The lowest BCUT2D eigenvalue weighted by atomic mass is 10.1. The van der Waals surface area contributed by atoms with Gasteiger partial charge in [0.1, 0.15) is 5.69 Å². The molecule has 1 aliphatic rings. The molecular formula is C19H18N6O3. The predicted molar refractivity (Wildman–Crippen MR) is 101 cm³/mol. The van der Waals surface area contributed by atoms with Crippen molar-refractivity contribution in [2.75, 3.05) is 26.2 Å². The quantitative estimate of drug-likeness (QED) is 0.692. The average molecular weight is 378 g/mol. The number of aromatic nitrogens is 3. The van der Waals surface area contributed by atoms with Crippen LogP contribution in [0.1, 0.15) is 31.2 Å². The molecule has 3 heterocycles. The standard InChI is InChI=1S/C19H18N6O3/c20-17(26)16-13(2-1-5-21-16)19(28)25-8-6-24(7-9-25)18(27)12-3-4-14-15(10-12)23-11-22-14/h1-5,10-11H,6-9H2,(H2,20,26)(H,22,23). The Hall–Kier alpha value is -3.75. The highest BCUT2D eigenvalue weighted by Gasteiger charge is 2.27. The van der Waals surface area contributed by atoms with Crippen LogP contribution in [0.15, 0.2) is 42.9 Å². The number of amides is 3. The molecule has 1 fully saturated rings. The van der Waals surface area contributed by atoms with Crippen LogP contribution in [0.3, 0.4) is 0 Å². The fraction of sp³-hybridized carbons (Fsp3) is 0.211. The first-order valence-corrected chi connectivity index (χ1v) is 8.81. The summed E-state index contributed by atoms with van der Waals surface area (Å²) in [7, 11) is 0. The number of hydrogen-bond donors (Lipinski definition) is 2. The Labute approximate surface area is 160 Å². The highest BCUT2D eigenvalue weighted by atomic mass is 16.2. The van der Waals surface area contributed by atoms with Crippen LogP contribution in [0, 0.1) is 0 Å². The summed E-state index contributed by atoms with van der Waals surface area (Å²) >= 11 is 0. The van der Waals surface area contributed by atoms with Crippen molar-refractivity contribution in [3.8, 4) is 0 Å². The molecule has 0 unspecified atom stereocenters. The van der Waals surface area contributed by atoms with Crippen molar-refractivity contribution < 1.29 is 14.4 Å². The number of benzene rings is 1. The molecule has 3 amide bonds. The van der Waals surface area contributed by atoms with E-state index in [0.29, 0.717) is 31.7 Å². The molecule has 0 spiro atoms. The van der Waals surface area contributed by atoms with Gasteiger partial charge in [-0.15, -0.1) is 0 Å². The van der Waals surface area contributed by atoms with Crippen molar-refractivity contribution in [1.82, 2.24) is 24.8 Å². The van der Waals surface area contributed by atoms with Gasteiger partial charge in [-0.1, -0.05) is 0 Å². The van der Waals surface area contributed by atoms with Crippen molar-refractivity contribution in [2.24, 2.45) is 5.73 Å². The Morgan fingerprint density at radius 2 is 1.68 bits per heavy atom. The summed E-state index contributed by atoms with van der Waals surface area (Å²) in [6.45, 7) is 1.53.